The Morgan fingerprint density at radius 2 is 2.15 bits per heavy atom. The maximum Gasteiger partial charge on any atom is 0.251 e. The molecule has 0 saturated carbocycles. The number of hydrogen-bond donors (Lipinski definition) is 2. The number of nitrogens with one attached hydrogen (secondary N) is 1. The molecule has 4 aromatic heterocycles. The molecule has 5 rings (SSSR count). The highest BCUT2D eigenvalue weighted by Crippen LogP contribution is 2.27. The second-order valence-corrected chi connectivity index (χ2v) is 9.24. The van der Waals surface area contributed by atoms with Crippen molar-refractivity contribution in [2.75, 3.05) is 19.6 Å². The normalized spacial score (nSPS) is 16.9. The van der Waals surface area contributed by atoms with Gasteiger partial charge in [0.05, 0.1) is 16.3 Å². The minimum absolute atomic E-state index is 0.103. The van der Waals surface area contributed by atoms with Crippen molar-refractivity contribution in [1.82, 2.24) is 34.4 Å². The first kappa shape index (κ1) is 22.3. The van der Waals surface area contributed by atoms with Crippen LogP contribution in [0.1, 0.15) is 35.8 Å². The number of rotatable bonds is 7. The van der Waals surface area contributed by atoms with E-state index in [-0.39, 0.29) is 11.5 Å². The minimum Gasteiger partial charge on any atom is -0.327 e. The Morgan fingerprint density at radius 1 is 1.26 bits per heavy atom. The molecule has 34 heavy (non-hydrogen) atoms. The molecule has 9 nitrogen and oxygen atoms in total. The van der Waals surface area contributed by atoms with Gasteiger partial charge < -0.3 is 10.7 Å². The third kappa shape index (κ3) is 5.19. The van der Waals surface area contributed by atoms with Crippen LogP contribution < -0.4 is 11.3 Å². The van der Waals surface area contributed by atoms with Crippen LogP contribution in [-0.2, 0) is 6.54 Å². The van der Waals surface area contributed by atoms with Gasteiger partial charge in [-0.05, 0) is 30.8 Å². The molecule has 0 amide bonds. The molecule has 3 N–H and O–H groups in total. The predicted molar refractivity (Wildman–Crippen MR) is 133 cm³/mol. The maximum atomic E-state index is 12.3. The molecule has 174 valence electrons. The Bertz CT molecular complexity index is 1310. The number of hydrogen-bond acceptors (Lipinski definition) is 8. The lowest BCUT2D eigenvalue weighted by atomic mass is 9.97. The fourth-order valence-electron chi connectivity index (χ4n) is 4.18. The van der Waals surface area contributed by atoms with Gasteiger partial charge in [0.2, 0.25) is 5.95 Å². The van der Waals surface area contributed by atoms with Crippen LogP contribution >= 0.6 is 11.3 Å². The highest BCUT2D eigenvalue weighted by molar-refractivity contribution is 7.13. The van der Waals surface area contributed by atoms with Crippen LogP contribution in [0.5, 0.6) is 0 Å². The summed E-state index contributed by atoms with van der Waals surface area (Å²) in [5.41, 5.74) is 7.99. The quantitative estimate of drug-likeness (QED) is 0.423. The van der Waals surface area contributed by atoms with Crippen LogP contribution in [0.15, 0.2) is 59.4 Å². The van der Waals surface area contributed by atoms with Crippen LogP contribution in [0.3, 0.4) is 0 Å². The van der Waals surface area contributed by atoms with E-state index in [4.69, 9.17) is 10.7 Å². The Hall–Kier alpha value is -3.47. The van der Waals surface area contributed by atoms with Crippen LogP contribution in [-0.4, -0.2) is 54.0 Å². The Labute approximate surface area is 201 Å². The Morgan fingerprint density at radius 3 is 2.94 bits per heavy atom. The van der Waals surface area contributed by atoms with Crippen molar-refractivity contribution < 1.29 is 0 Å². The summed E-state index contributed by atoms with van der Waals surface area (Å²) in [7, 11) is 0. The molecule has 10 heteroatoms. The van der Waals surface area contributed by atoms with Gasteiger partial charge in [0.1, 0.15) is 12.2 Å². The van der Waals surface area contributed by atoms with Gasteiger partial charge in [0.25, 0.3) is 5.56 Å². The summed E-state index contributed by atoms with van der Waals surface area (Å²) < 4.78 is 1.83. The third-order valence-electron chi connectivity index (χ3n) is 5.78. The first-order valence-corrected chi connectivity index (χ1v) is 12.2. The first-order valence-electron chi connectivity index (χ1n) is 11.3. The zero-order valence-electron chi connectivity index (χ0n) is 18.7. The number of likely N-dealkylation sites (tertiary alicyclic amines) is 1. The number of aromatic amines is 1. The van der Waals surface area contributed by atoms with E-state index in [9.17, 15) is 4.79 Å². The summed E-state index contributed by atoms with van der Waals surface area (Å²) in [4.78, 5) is 36.8. The van der Waals surface area contributed by atoms with E-state index in [0.717, 1.165) is 60.1 Å². The molecule has 0 aliphatic carbocycles. The molecule has 1 unspecified atom stereocenters. The first-order chi connectivity index (χ1) is 16.7. The molecule has 0 spiro atoms. The van der Waals surface area contributed by atoms with E-state index in [1.807, 2.05) is 40.4 Å². The zero-order chi connectivity index (χ0) is 23.3. The van der Waals surface area contributed by atoms with Crippen molar-refractivity contribution in [3.8, 4) is 16.5 Å². The molecule has 1 atom stereocenters. The summed E-state index contributed by atoms with van der Waals surface area (Å²) in [6.07, 6.45) is 13.0. The topological polar surface area (TPSA) is 119 Å². The van der Waals surface area contributed by atoms with E-state index in [1.165, 1.54) is 0 Å². The van der Waals surface area contributed by atoms with Gasteiger partial charge in [0.15, 0.2) is 0 Å². The van der Waals surface area contributed by atoms with Gasteiger partial charge in [-0.15, -0.1) is 11.3 Å². The molecule has 1 saturated heterocycles. The van der Waals surface area contributed by atoms with Crippen molar-refractivity contribution in [2.24, 2.45) is 5.73 Å². The monoisotopic (exact) mass is 474 g/mol. The van der Waals surface area contributed by atoms with Gasteiger partial charge in [-0.25, -0.2) is 19.9 Å². The molecule has 0 radical (unpaired) electrons. The SMILES string of the molecule is NC/C=C/c1cnc(-n2cnc(CN3CCCC(c4nc(-c5cccs5)cc(=O)[nH]4)C3)c2)nc1. The predicted octanol–water partition coefficient (Wildman–Crippen LogP) is 2.83. The summed E-state index contributed by atoms with van der Waals surface area (Å²) in [5.74, 6) is 1.52. The summed E-state index contributed by atoms with van der Waals surface area (Å²) in [6.45, 7) is 3.01. The lowest BCUT2D eigenvalue weighted by Crippen LogP contribution is -2.35. The number of piperidine rings is 1. The second kappa shape index (κ2) is 10.2. The molecular weight excluding hydrogens is 448 g/mol. The summed E-state index contributed by atoms with van der Waals surface area (Å²) in [6, 6.07) is 5.54. The highest BCUT2D eigenvalue weighted by Gasteiger charge is 2.24. The number of H-pyrrole nitrogens is 1. The third-order valence-corrected chi connectivity index (χ3v) is 6.68. The van der Waals surface area contributed by atoms with Gasteiger partial charge in [-0.3, -0.25) is 14.3 Å². The van der Waals surface area contributed by atoms with Crippen molar-refractivity contribution in [3.05, 3.63) is 82.0 Å². The van der Waals surface area contributed by atoms with Crippen LogP contribution in [0.4, 0.5) is 0 Å². The fraction of sp³-hybridized carbons (Fsp3) is 0.292. The maximum absolute atomic E-state index is 12.3. The average Bonchev–Trinajstić information content (AvgIpc) is 3.56. The number of nitrogens with zero attached hydrogens (tertiary/aromatic N) is 6. The highest BCUT2D eigenvalue weighted by atomic mass is 32.1. The van der Waals surface area contributed by atoms with Gasteiger partial charge in [-0.2, -0.15) is 0 Å². The molecule has 1 fully saturated rings. The lowest BCUT2D eigenvalue weighted by molar-refractivity contribution is 0.194. The van der Waals surface area contributed by atoms with Crippen LogP contribution in [0, 0.1) is 0 Å². The molecule has 1 aliphatic rings. The lowest BCUT2D eigenvalue weighted by Gasteiger charge is -2.31. The molecule has 4 aromatic rings. The van der Waals surface area contributed by atoms with E-state index >= 15 is 0 Å². The molecule has 1 aliphatic heterocycles. The van der Waals surface area contributed by atoms with Gasteiger partial charge >= 0.3 is 0 Å². The number of nitrogens with two attached hydrogens (primary N) is 1. The van der Waals surface area contributed by atoms with Crippen molar-refractivity contribution >= 4 is 17.4 Å². The molecule has 0 aromatic carbocycles. The van der Waals surface area contributed by atoms with Crippen molar-refractivity contribution in [3.63, 3.8) is 0 Å². The van der Waals surface area contributed by atoms with Gasteiger partial charge in [0, 0.05) is 55.8 Å². The Kier molecular flexibility index (Phi) is 6.70. The van der Waals surface area contributed by atoms with E-state index in [0.29, 0.717) is 12.5 Å². The minimum atomic E-state index is -0.103. The van der Waals surface area contributed by atoms with Crippen LogP contribution in [0.2, 0.25) is 0 Å². The van der Waals surface area contributed by atoms with E-state index < -0.39 is 0 Å². The van der Waals surface area contributed by atoms with Crippen LogP contribution in [0.25, 0.3) is 22.6 Å². The van der Waals surface area contributed by atoms with E-state index in [2.05, 4.69) is 24.8 Å². The smallest absolute Gasteiger partial charge is 0.251 e. The fourth-order valence-corrected chi connectivity index (χ4v) is 4.87. The second-order valence-electron chi connectivity index (χ2n) is 8.29. The largest absolute Gasteiger partial charge is 0.327 e. The Balaban J connectivity index is 1.26. The number of aromatic nitrogens is 6. The molecule has 5 heterocycles. The van der Waals surface area contributed by atoms with Crippen molar-refractivity contribution in [1.29, 1.82) is 0 Å². The number of thiophene rings is 1. The average molecular weight is 475 g/mol. The number of imidazole rings is 1. The zero-order valence-corrected chi connectivity index (χ0v) is 19.5. The van der Waals surface area contributed by atoms with E-state index in [1.54, 1.807) is 36.1 Å². The van der Waals surface area contributed by atoms with Crippen molar-refractivity contribution in [2.45, 2.75) is 25.3 Å². The molecule has 0 bridgehead atoms. The summed E-state index contributed by atoms with van der Waals surface area (Å²) >= 11 is 1.59. The molecular formula is C24H26N8OS. The van der Waals surface area contributed by atoms with Gasteiger partial charge in [-0.1, -0.05) is 18.2 Å². The standard InChI is InChI=1S/C24H26N8OS/c25-7-1-4-17-11-26-24(27-12-17)32-15-19(28-16-32)14-31-8-2-5-18(13-31)23-29-20(10-22(33)30-23)21-6-3-9-34-21/h1,3-4,6,9-12,15-16,18H,2,5,7-8,13-14,25H2,(H,29,30,33)/b4-1+. The summed E-state index contributed by atoms with van der Waals surface area (Å²) in [5, 5.41) is 2.00.